The molecule has 0 atom stereocenters. The third-order valence-electron chi connectivity index (χ3n) is 3.17. The molecule has 2 aromatic rings. The summed E-state index contributed by atoms with van der Waals surface area (Å²) in [5.74, 6) is -0.571. The van der Waals surface area contributed by atoms with Gasteiger partial charge in [-0.1, -0.05) is 18.2 Å². The first-order chi connectivity index (χ1) is 13.1. The molecule has 2 rings (SSSR count). The van der Waals surface area contributed by atoms with Crippen LogP contribution in [0.15, 0.2) is 46.9 Å². The van der Waals surface area contributed by atoms with Gasteiger partial charge in [0.2, 0.25) is 5.76 Å². The smallest absolute Gasteiger partial charge is 0.374 e. The lowest BCUT2D eigenvalue weighted by molar-refractivity contribution is -0.123. The van der Waals surface area contributed by atoms with E-state index in [-0.39, 0.29) is 18.9 Å². The average Bonchev–Trinajstić information content (AvgIpc) is 3.14. The summed E-state index contributed by atoms with van der Waals surface area (Å²) in [6.07, 6.45) is 0. The SMILES string of the molecule is COCCNC(=O)NC(=O)COC(=O)c1ccc(COc2ccccc2)o1. The molecule has 0 aliphatic heterocycles. The zero-order valence-electron chi connectivity index (χ0n) is 14.7. The Hall–Kier alpha value is -3.33. The van der Waals surface area contributed by atoms with Crippen molar-refractivity contribution >= 4 is 17.9 Å². The van der Waals surface area contributed by atoms with E-state index in [4.69, 9.17) is 18.6 Å². The highest BCUT2D eigenvalue weighted by Gasteiger charge is 2.16. The highest BCUT2D eigenvalue weighted by molar-refractivity contribution is 5.96. The van der Waals surface area contributed by atoms with Crippen molar-refractivity contribution in [2.45, 2.75) is 6.61 Å². The van der Waals surface area contributed by atoms with Crippen LogP contribution < -0.4 is 15.4 Å². The second-order valence-corrected chi connectivity index (χ2v) is 5.24. The molecule has 1 aromatic carbocycles. The molecule has 144 valence electrons. The lowest BCUT2D eigenvalue weighted by atomic mass is 10.3. The van der Waals surface area contributed by atoms with E-state index in [1.165, 1.54) is 13.2 Å². The number of methoxy groups -OCH3 is 1. The van der Waals surface area contributed by atoms with Crippen molar-refractivity contribution in [3.63, 3.8) is 0 Å². The number of hydrogen-bond acceptors (Lipinski definition) is 7. The monoisotopic (exact) mass is 376 g/mol. The van der Waals surface area contributed by atoms with Crippen LogP contribution in [0.3, 0.4) is 0 Å². The number of amides is 3. The summed E-state index contributed by atoms with van der Waals surface area (Å²) in [5.41, 5.74) is 0. The zero-order valence-corrected chi connectivity index (χ0v) is 14.7. The second-order valence-electron chi connectivity index (χ2n) is 5.24. The predicted octanol–water partition coefficient (Wildman–Crippen LogP) is 1.49. The maximum absolute atomic E-state index is 11.9. The van der Waals surface area contributed by atoms with Crippen molar-refractivity contribution in [3.05, 3.63) is 54.0 Å². The second kappa shape index (κ2) is 10.6. The van der Waals surface area contributed by atoms with Crippen LogP contribution in [0.25, 0.3) is 0 Å². The molecule has 9 heteroatoms. The minimum atomic E-state index is -0.823. The number of benzene rings is 1. The van der Waals surface area contributed by atoms with Gasteiger partial charge in [-0.3, -0.25) is 10.1 Å². The van der Waals surface area contributed by atoms with Gasteiger partial charge in [0.05, 0.1) is 6.61 Å². The van der Waals surface area contributed by atoms with Crippen LogP contribution in [0.1, 0.15) is 16.3 Å². The first kappa shape index (κ1) is 20.0. The number of nitrogens with one attached hydrogen (secondary N) is 2. The quantitative estimate of drug-likeness (QED) is 0.503. The maximum atomic E-state index is 11.9. The Morgan fingerprint density at radius 3 is 2.59 bits per heavy atom. The highest BCUT2D eigenvalue weighted by atomic mass is 16.6. The Labute approximate surface area is 155 Å². The van der Waals surface area contributed by atoms with Crippen molar-refractivity contribution in [1.82, 2.24) is 10.6 Å². The fraction of sp³-hybridized carbons (Fsp3) is 0.278. The van der Waals surface area contributed by atoms with Gasteiger partial charge >= 0.3 is 12.0 Å². The molecule has 9 nitrogen and oxygen atoms in total. The van der Waals surface area contributed by atoms with Gasteiger partial charge in [-0.2, -0.15) is 0 Å². The van der Waals surface area contributed by atoms with E-state index >= 15 is 0 Å². The van der Waals surface area contributed by atoms with Crippen LogP contribution in [0.4, 0.5) is 4.79 Å². The Morgan fingerprint density at radius 2 is 1.85 bits per heavy atom. The molecule has 0 aliphatic rings. The minimum Gasteiger partial charge on any atom is -0.486 e. The molecule has 1 aromatic heterocycles. The van der Waals surface area contributed by atoms with Gasteiger partial charge in [0, 0.05) is 13.7 Å². The van der Waals surface area contributed by atoms with E-state index in [9.17, 15) is 14.4 Å². The van der Waals surface area contributed by atoms with Crippen LogP contribution in [0.5, 0.6) is 5.75 Å². The Morgan fingerprint density at radius 1 is 1.07 bits per heavy atom. The number of esters is 1. The van der Waals surface area contributed by atoms with Gasteiger partial charge < -0.3 is 23.9 Å². The molecule has 0 radical (unpaired) electrons. The molecular formula is C18H20N2O7. The van der Waals surface area contributed by atoms with E-state index in [1.54, 1.807) is 18.2 Å². The normalized spacial score (nSPS) is 10.1. The summed E-state index contributed by atoms with van der Waals surface area (Å²) in [4.78, 5) is 34.8. The van der Waals surface area contributed by atoms with Crippen LogP contribution in [0, 0.1) is 0 Å². The van der Waals surface area contributed by atoms with Crippen molar-refractivity contribution < 1.29 is 33.0 Å². The summed E-state index contributed by atoms with van der Waals surface area (Å²) in [6.45, 7) is 0.0769. The fourth-order valence-corrected chi connectivity index (χ4v) is 1.91. The molecule has 1 heterocycles. The summed E-state index contributed by atoms with van der Waals surface area (Å²) < 4.78 is 20.4. The first-order valence-electron chi connectivity index (χ1n) is 8.09. The fourth-order valence-electron chi connectivity index (χ4n) is 1.91. The Bertz CT molecular complexity index is 758. The van der Waals surface area contributed by atoms with E-state index < -0.39 is 24.5 Å². The molecule has 0 unspecified atom stereocenters. The number of furan rings is 1. The van der Waals surface area contributed by atoms with Crippen molar-refractivity contribution in [2.24, 2.45) is 0 Å². The molecule has 0 saturated heterocycles. The Kier molecular flexibility index (Phi) is 7.86. The predicted molar refractivity (Wildman–Crippen MR) is 93.2 cm³/mol. The maximum Gasteiger partial charge on any atom is 0.374 e. The summed E-state index contributed by atoms with van der Waals surface area (Å²) in [5, 5.41) is 4.41. The molecule has 0 aliphatic carbocycles. The summed E-state index contributed by atoms with van der Waals surface area (Å²) in [6, 6.07) is 11.4. The summed E-state index contributed by atoms with van der Waals surface area (Å²) in [7, 11) is 1.48. The van der Waals surface area contributed by atoms with Crippen molar-refractivity contribution in [1.29, 1.82) is 0 Å². The lowest BCUT2D eigenvalue weighted by Gasteiger charge is -2.06. The van der Waals surface area contributed by atoms with Crippen LogP contribution in [-0.4, -0.2) is 44.8 Å². The molecular weight excluding hydrogens is 356 g/mol. The van der Waals surface area contributed by atoms with Crippen LogP contribution >= 0.6 is 0 Å². The van der Waals surface area contributed by atoms with Crippen LogP contribution in [0.2, 0.25) is 0 Å². The van der Waals surface area contributed by atoms with Gasteiger partial charge in [0.15, 0.2) is 6.61 Å². The molecule has 27 heavy (non-hydrogen) atoms. The number of carbonyl (C=O) groups is 3. The third kappa shape index (κ3) is 7.20. The van der Waals surface area contributed by atoms with Crippen molar-refractivity contribution in [2.75, 3.05) is 26.9 Å². The van der Waals surface area contributed by atoms with Crippen molar-refractivity contribution in [3.8, 4) is 5.75 Å². The molecule has 0 saturated carbocycles. The molecule has 3 amide bonds. The van der Waals surface area contributed by atoms with Gasteiger partial charge in [0.1, 0.15) is 18.1 Å². The lowest BCUT2D eigenvalue weighted by Crippen LogP contribution is -2.42. The third-order valence-corrected chi connectivity index (χ3v) is 3.17. The number of rotatable bonds is 9. The molecule has 0 bridgehead atoms. The number of urea groups is 1. The van der Waals surface area contributed by atoms with E-state index in [0.29, 0.717) is 18.1 Å². The standard InChI is InChI=1S/C18H20N2O7/c1-24-10-9-19-18(23)20-16(21)12-26-17(22)15-8-7-14(27-15)11-25-13-5-3-2-4-6-13/h2-8H,9-12H2,1H3,(H2,19,20,21,23). The van der Waals surface area contributed by atoms with E-state index in [1.807, 2.05) is 23.5 Å². The van der Waals surface area contributed by atoms with Gasteiger partial charge in [-0.15, -0.1) is 0 Å². The number of carbonyl (C=O) groups excluding carboxylic acids is 3. The van der Waals surface area contributed by atoms with E-state index in [2.05, 4.69) is 5.32 Å². The first-order valence-corrected chi connectivity index (χ1v) is 8.09. The van der Waals surface area contributed by atoms with Gasteiger partial charge in [-0.25, -0.2) is 9.59 Å². The van der Waals surface area contributed by atoms with Gasteiger partial charge in [0.25, 0.3) is 5.91 Å². The topological polar surface area (TPSA) is 116 Å². The number of hydrogen-bond donors (Lipinski definition) is 2. The zero-order chi connectivity index (χ0) is 19.5. The molecule has 0 spiro atoms. The van der Waals surface area contributed by atoms with Gasteiger partial charge in [-0.05, 0) is 24.3 Å². The van der Waals surface area contributed by atoms with Crippen LogP contribution in [-0.2, 0) is 20.9 Å². The average molecular weight is 376 g/mol. The number of ether oxygens (including phenoxy) is 3. The number of imide groups is 1. The highest BCUT2D eigenvalue weighted by Crippen LogP contribution is 2.14. The number of para-hydroxylation sites is 1. The minimum absolute atomic E-state index is 0.0704. The van der Waals surface area contributed by atoms with E-state index in [0.717, 1.165) is 0 Å². The molecule has 2 N–H and O–H groups in total. The summed E-state index contributed by atoms with van der Waals surface area (Å²) >= 11 is 0. The Balaban J connectivity index is 1.72. The largest absolute Gasteiger partial charge is 0.486 e. The molecule has 0 fully saturated rings.